The van der Waals surface area contributed by atoms with E-state index in [-0.39, 0.29) is 36.9 Å². The van der Waals surface area contributed by atoms with Crippen molar-refractivity contribution < 1.29 is 19.1 Å². The summed E-state index contributed by atoms with van der Waals surface area (Å²) in [5.41, 5.74) is 2.45. The number of carbonyl (C=O) groups is 2. The second-order valence-electron chi connectivity index (χ2n) is 8.32. The molecule has 0 aliphatic carbocycles. The van der Waals surface area contributed by atoms with E-state index in [4.69, 9.17) is 9.47 Å². The Balaban J connectivity index is 1.20. The fraction of sp³-hybridized carbons (Fsp3) is 0.440. The molecular weight excluding hydrogens is 392 g/mol. The summed E-state index contributed by atoms with van der Waals surface area (Å²) in [4.78, 5) is 29.0. The Morgan fingerprint density at radius 3 is 2.45 bits per heavy atom. The highest BCUT2D eigenvalue weighted by molar-refractivity contribution is 5.86. The van der Waals surface area contributed by atoms with Crippen LogP contribution in [0.3, 0.4) is 0 Å². The summed E-state index contributed by atoms with van der Waals surface area (Å²) in [7, 11) is 0. The number of rotatable bonds is 8. The van der Waals surface area contributed by atoms with Crippen molar-refractivity contribution in [3.63, 3.8) is 0 Å². The zero-order chi connectivity index (χ0) is 21.5. The molecule has 2 atom stereocenters. The summed E-state index contributed by atoms with van der Waals surface area (Å²) < 4.78 is 11.3. The molecule has 0 radical (unpaired) electrons. The Morgan fingerprint density at radius 1 is 1.00 bits per heavy atom. The number of hydrogen-bond acceptors (Lipinski definition) is 5. The smallest absolute Gasteiger partial charge is 0.311 e. The van der Waals surface area contributed by atoms with Crippen molar-refractivity contribution in [1.29, 1.82) is 0 Å². The Labute approximate surface area is 183 Å². The van der Waals surface area contributed by atoms with Crippen molar-refractivity contribution in [3.8, 4) is 0 Å². The first-order valence-corrected chi connectivity index (χ1v) is 11.0. The number of morpholine rings is 1. The van der Waals surface area contributed by atoms with E-state index < -0.39 is 0 Å². The van der Waals surface area contributed by atoms with Crippen molar-refractivity contribution in [2.45, 2.75) is 25.5 Å². The number of nitrogens with zero attached hydrogens (tertiary/aromatic N) is 2. The predicted molar refractivity (Wildman–Crippen MR) is 117 cm³/mol. The van der Waals surface area contributed by atoms with Crippen LogP contribution in [0.25, 0.3) is 0 Å². The number of likely N-dealkylation sites (tertiary alicyclic amines) is 1. The highest BCUT2D eigenvalue weighted by Crippen LogP contribution is 2.20. The number of ether oxygens (including phenoxy) is 2. The largest absolute Gasteiger partial charge is 0.463 e. The average Bonchev–Trinajstić information content (AvgIpc) is 3.18. The molecule has 2 unspecified atom stereocenters. The zero-order valence-corrected chi connectivity index (χ0v) is 17.8. The second kappa shape index (κ2) is 10.6. The van der Waals surface area contributed by atoms with Crippen molar-refractivity contribution in [2.24, 2.45) is 5.92 Å². The summed E-state index contributed by atoms with van der Waals surface area (Å²) in [5, 5.41) is 0. The summed E-state index contributed by atoms with van der Waals surface area (Å²) in [5.74, 6) is -0.646. The van der Waals surface area contributed by atoms with Gasteiger partial charge in [-0.1, -0.05) is 60.7 Å². The summed E-state index contributed by atoms with van der Waals surface area (Å²) in [6.07, 6.45) is 0.897. The highest BCUT2D eigenvalue weighted by Gasteiger charge is 2.35. The standard InChI is InChI=1S/C25H30N2O4/c28-24-15-22(17-27(24)12-11-20-7-3-1-4-8-20)25(29)31-19-23-18-26(13-14-30-23)16-21-9-5-2-6-10-21/h1-10,22-23H,11-19H2. The normalized spacial score (nSPS) is 21.9. The average molecular weight is 423 g/mol. The molecule has 6 heteroatoms. The first-order valence-electron chi connectivity index (χ1n) is 11.0. The Hall–Kier alpha value is -2.70. The van der Waals surface area contributed by atoms with Gasteiger partial charge in [0.15, 0.2) is 0 Å². The topological polar surface area (TPSA) is 59.1 Å². The van der Waals surface area contributed by atoms with E-state index in [0.717, 1.165) is 26.1 Å². The minimum Gasteiger partial charge on any atom is -0.463 e. The van der Waals surface area contributed by atoms with Gasteiger partial charge >= 0.3 is 5.97 Å². The minimum absolute atomic E-state index is 0.0285. The van der Waals surface area contributed by atoms with E-state index in [1.807, 2.05) is 36.4 Å². The van der Waals surface area contributed by atoms with Crippen LogP contribution in [-0.2, 0) is 32.0 Å². The Kier molecular flexibility index (Phi) is 7.33. The van der Waals surface area contributed by atoms with Crippen molar-refractivity contribution in [1.82, 2.24) is 9.80 Å². The van der Waals surface area contributed by atoms with E-state index >= 15 is 0 Å². The second-order valence-corrected chi connectivity index (χ2v) is 8.32. The van der Waals surface area contributed by atoms with Gasteiger partial charge in [-0.2, -0.15) is 0 Å². The third-order valence-electron chi connectivity index (χ3n) is 5.94. The van der Waals surface area contributed by atoms with E-state index in [1.165, 1.54) is 11.1 Å². The van der Waals surface area contributed by atoms with Gasteiger partial charge in [-0.25, -0.2) is 0 Å². The van der Waals surface area contributed by atoms with E-state index in [0.29, 0.717) is 19.7 Å². The number of esters is 1. The SMILES string of the molecule is O=C(OCC1CN(Cc2ccccc2)CCO1)C1CC(=O)N(CCc2ccccc2)C1. The van der Waals surface area contributed by atoms with Gasteiger partial charge in [-0.3, -0.25) is 14.5 Å². The molecule has 1 amide bonds. The molecule has 2 aromatic carbocycles. The molecule has 0 aromatic heterocycles. The molecule has 164 valence electrons. The quantitative estimate of drug-likeness (QED) is 0.612. The summed E-state index contributed by atoms with van der Waals surface area (Å²) in [6.45, 7) is 4.40. The predicted octanol–water partition coefficient (Wildman–Crippen LogP) is 2.52. The molecule has 0 spiro atoms. The van der Waals surface area contributed by atoms with Gasteiger partial charge < -0.3 is 14.4 Å². The molecule has 2 aliphatic heterocycles. The number of amides is 1. The van der Waals surface area contributed by atoms with Crippen LogP contribution in [0.4, 0.5) is 0 Å². The van der Waals surface area contributed by atoms with Crippen LogP contribution in [0.15, 0.2) is 60.7 Å². The molecule has 4 rings (SSSR count). The van der Waals surface area contributed by atoms with E-state index in [2.05, 4.69) is 29.2 Å². The maximum absolute atomic E-state index is 12.6. The summed E-state index contributed by atoms with van der Waals surface area (Å²) >= 11 is 0. The number of carbonyl (C=O) groups excluding carboxylic acids is 2. The van der Waals surface area contributed by atoms with Gasteiger partial charge in [0.25, 0.3) is 0 Å². The van der Waals surface area contributed by atoms with Gasteiger partial charge in [-0.15, -0.1) is 0 Å². The molecule has 2 fully saturated rings. The van der Waals surface area contributed by atoms with Crippen LogP contribution in [0.5, 0.6) is 0 Å². The van der Waals surface area contributed by atoms with Crippen LogP contribution in [0.2, 0.25) is 0 Å². The Bertz CT molecular complexity index is 858. The number of benzene rings is 2. The lowest BCUT2D eigenvalue weighted by molar-refractivity contribution is -0.155. The third-order valence-corrected chi connectivity index (χ3v) is 5.94. The van der Waals surface area contributed by atoms with Crippen LogP contribution < -0.4 is 0 Å². The summed E-state index contributed by atoms with van der Waals surface area (Å²) in [6, 6.07) is 20.4. The molecule has 31 heavy (non-hydrogen) atoms. The van der Waals surface area contributed by atoms with Gasteiger partial charge in [0.05, 0.1) is 12.5 Å². The Morgan fingerprint density at radius 2 is 1.71 bits per heavy atom. The highest BCUT2D eigenvalue weighted by atomic mass is 16.6. The molecule has 2 aromatic rings. The van der Waals surface area contributed by atoms with E-state index in [1.54, 1.807) is 4.90 Å². The molecule has 0 saturated carbocycles. The number of hydrogen-bond donors (Lipinski definition) is 0. The minimum atomic E-state index is -0.382. The van der Waals surface area contributed by atoms with Gasteiger partial charge in [0, 0.05) is 39.1 Å². The molecule has 2 heterocycles. The van der Waals surface area contributed by atoms with Gasteiger partial charge in [0.1, 0.15) is 12.7 Å². The maximum Gasteiger partial charge on any atom is 0.311 e. The molecule has 2 saturated heterocycles. The van der Waals surface area contributed by atoms with Crippen LogP contribution in [-0.4, -0.2) is 67.2 Å². The lowest BCUT2D eigenvalue weighted by atomic mass is 10.1. The molecule has 0 N–H and O–H groups in total. The first kappa shape index (κ1) is 21.5. The lowest BCUT2D eigenvalue weighted by Gasteiger charge is -2.32. The lowest BCUT2D eigenvalue weighted by Crippen LogP contribution is -2.44. The molecular formula is C25H30N2O4. The third kappa shape index (κ3) is 6.15. The van der Waals surface area contributed by atoms with Crippen LogP contribution in [0.1, 0.15) is 17.5 Å². The monoisotopic (exact) mass is 422 g/mol. The van der Waals surface area contributed by atoms with Crippen molar-refractivity contribution >= 4 is 11.9 Å². The van der Waals surface area contributed by atoms with Gasteiger partial charge in [-0.05, 0) is 17.5 Å². The zero-order valence-electron chi connectivity index (χ0n) is 17.8. The molecule has 6 nitrogen and oxygen atoms in total. The van der Waals surface area contributed by atoms with Crippen molar-refractivity contribution in [3.05, 3.63) is 71.8 Å². The van der Waals surface area contributed by atoms with Crippen LogP contribution >= 0.6 is 0 Å². The molecule has 2 aliphatic rings. The fourth-order valence-corrected chi connectivity index (χ4v) is 4.21. The maximum atomic E-state index is 12.6. The van der Waals surface area contributed by atoms with E-state index in [9.17, 15) is 9.59 Å². The fourth-order valence-electron chi connectivity index (χ4n) is 4.21. The van der Waals surface area contributed by atoms with Crippen molar-refractivity contribution in [2.75, 3.05) is 39.4 Å². The molecule has 0 bridgehead atoms. The first-order chi connectivity index (χ1) is 15.2. The van der Waals surface area contributed by atoms with Crippen LogP contribution in [0, 0.1) is 5.92 Å². The van der Waals surface area contributed by atoms with Gasteiger partial charge in [0.2, 0.25) is 5.91 Å².